The zero-order valence-electron chi connectivity index (χ0n) is 16.5. The first-order valence-electron chi connectivity index (χ1n) is 9.33. The van der Waals surface area contributed by atoms with Crippen LogP contribution in [0.25, 0.3) is 21.6 Å². The van der Waals surface area contributed by atoms with Crippen LogP contribution in [0.3, 0.4) is 0 Å². The van der Waals surface area contributed by atoms with Crippen LogP contribution < -0.4 is 5.56 Å². The first kappa shape index (κ1) is 21.6. The topological polar surface area (TPSA) is 73.8 Å². The summed E-state index contributed by atoms with van der Waals surface area (Å²) in [4.78, 5) is 21.6. The third kappa shape index (κ3) is 4.67. The van der Waals surface area contributed by atoms with Crippen LogP contribution in [0, 0.1) is 5.92 Å². The van der Waals surface area contributed by atoms with Gasteiger partial charge in [0, 0.05) is 12.1 Å². The lowest BCUT2D eigenvalue weighted by Crippen LogP contribution is -2.24. The molecule has 3 aromatic heterocycles. The molecule has 162 valence electrons. The zero-order chi connectivity index (χ0) is 22.2. The molecule has 6 nitrogen and oxygen atoms in total. The van der Waals surface area contributed by atoms with E-state index in [9.17, 15) is 18.0 Å². The summed E-state index contributed by atoms with van der Waals surface area (Å²) in [6, 6.07) is 6.55. The Morgan fingerprint density at radius 2 is 2.03 bits per heavy atom. The van der Waals surface area contributed by atoms with E-state index in [1.165, 1.54) is 35.2 Å². The highest BCUT2D eigenvalue weighted by Crippen LogP contribution is 2.32. The second kappa shape index (κ2) is 8.46. The predicted molar refractivity (Wildman–Crippen MR) is 113 cm³/mol. The van der Waals surface area contributed by atoms with Crippen LogP contribution in [-0.4, -0.2) is 19.7 Å². The van der Waals surface area contributed by atoms with Gasteiger partial charge < -0.3 is 4.52 Å². The van der Waals surface area contributed by atoms with Gasteiger partial charge in [-0.1, -0.05) is 42.9 Å². The van der Waals surface area contributed by atoms with Gasteiger partial charge in [0.25, 0.3) is 5.56 Å². The highest BCUT2D eigenvalue weighted by molar-refractivity contribution is 7.98. The van der Waals surface area contributed by atoms with E-state index in [1.807, 2.05) is 19.2 Å². The smallest absolute Gasteiger partial charge is 0.338 e. The van der Waals surface area contributed by atoms with Crippen LogP contribution in [0.1, 0.15) is 25.3 Å². The molecule has 0 aliphatic heterocycles. The van der Waals surface area contributed by atoms with Gasteiger partial charge in [0.05, 0.1) is 16.8 Å². The minimum absolute atomic E-state index is 0.0718. The molecule has 3 heterocycles. The van der Waals surface area contributed by atoms with Crippen LogP contribution in [0.4, 0.5) is 13.2 Å². The van der Waals surface area contributed by atoms with Crippen molar-refractivity contribution in [2.75, 3.05) is 0 Å². The molecule has 31 heavy (non-hydrogen) atoms. The van der Waals surface area contributed by atoms with Crippen LogP contribution in [-0.2, 0) is 18.5 Å². The number of benzene rings is 1. The Morgan fingerprint density at radius 3 is 2.77 bits per heavy atom. The summed E-state index contributed by atoms with van der Waals surface area (Å²) in [5.74, 6) is 0.773. The van der Waals surface area contributed by atoms with Crippen LogP contribution in [0.5, 0.6) is 0 Å². The van der Waals surface area contributed by atoms with E-state index in [1.54, 1.807) is 10.6 Å². The van der Waals surface area contributed by atoms with Gasteiger partial charge in [0.15, 0.2) is 5.16 Å². The fourth-order valence-electron chi connectivity index (χ4n) is 2.95. The molecule has 0 amide bonds. The van der Waals surface area contributed by atoms with Gasteiger partial charge >= 0.3 is 6.18 Å². The summed E-state index contributed by atoms with van der Waals surface area (Å²) >= 11 is 2.63. The molecular weight excluding hydrogens is 449 g/mol. The van der Waals surface area contributed by atoms with Crippen molar-refractivity contribution in [1.82, 2.24) is 19.7 Å². The zero-order valence-corrected chi connectivity index (χ0v) is 18.1. The standard InChI is InChI=1S/C20H17F3N4O2S2/c1-11(2)9-27-18(28)16-14(6-7-30-16)24-19(27)31-10-15-25-17(26-29-15)12-4-3-5-13(8-12)20(21,22)23/h3-8,11H,9-10H2,1-2H3. The third-order valence-electron chi connectivity index (χ3n) is 4.32. The van der Waals surface area contributed by atoms with Crippen molar-refractivity contribution in [3.63, 3.8) is 0 Å². The maximum Gasteiger partial charge on any atom is 0.416 e. The van der Waals surface area contributed by atoms with E-state index in [2.05, 4.69) is 15.1 Å². The first-order valence-corrected chi connectivity index (χ1v) is 11.2. The molecule has 1 aromatic carbocycles. The van der Waals surface area contributed by atoms with Gasteiger partial charge in [-0.05, 0) is 29.5 Å². The number of aromatic nitrogens is 4. The molecule has 0 N–H and O–H groups in total. The molecule has 0 saturated heterocycles. The lowest BCUT2D eigenvalue weighted by Gasteiger charge is -2.13. The molecule has 0 unspecified atom stereocenters. The predicted octanol–water partition coefficient (Wildman–Crippen LogP) is 5.48. The van der Waals surface area contributed by atoms with Crippen molar-refractivity contribution in [3.05, 3.63) is 57.5 Å². The molecule has 0 atom stereocenters. The maximum absolute atomic E-state index is 12.9. The fraction of sp³-hybridized carbons (Fsp3) is 0.300. The number of thioether (sulfide) groups is 1. The average molecular weight is 467 g/mol. The molecule has 4 aromatic rings. The van der Waals surface area contributed by atoms with Gasteiger partial charge in [0.1, 0.15) is 4.70 Å². The summed E-state index contributed by atoms with van der Waals surface area (Å²) in [7, 11) is 0. The Hall–Kier alpha value is -2.66. The number of hydrogen-bond acceptors (Lipinski definition) is 7. The number of halogens is 3. The minimum atomic E-state index is -4.45. The Kier molecular flexibility index (Phi) is 5.89. The Bertz CT molecular complexity index is 1280. The van der Waals surface area contributed by atoms with E-state index in [0.29, 0.717) is 21.9 Å². The van der Waals surface area contributed by atoms with Crippen molar-refractivity contribution in [2.24, 2.45) is 5.92 Å². The van der Waals surface area contributed by atoms with E-state index in [0.717, 1.165) is 12.1 Å². The number of thiophene rings is 1. The van der Waals surface area contributed by atoms with Crippen molar-refractivity contribution < 1.29 is 17.7 Å². The number of hydrogen-bond donors (Lipinski definition) is 0. The molecule has 0 aliphatic carbocycles. The second-order valence-corrected chi connectivity index (χ2v) is 9.08. The van der Waals surface area contributed by atoms with Crippen molar-refractivity contribution in [1.29, 1.82) is 0 Å². The number of fused-ring (bicyclic) bond motifs is 1. The molecular formula is C20H17F3N4O2S2. The van der Waals surface area contributed by atoms with E-state index in [4.69, 9.17) is 4.52 Å². The molecule has 0 fully saturated rings. The highest BCUT2D eigenvalue weighted by Gasteiger charge is 2.30. The SMILES string of the molecule is CC(C)Cn1c(SCc2nc(-c3cccc(C(F)(F)F)c3)no2)nc2ccsc2c1=O. The second-order valence-electron chi connectivity index (χ2n) is 7.22. The molecule has 0 saturated carbocycles. The Balaban J connectivity index is 1.58. The van der Waals surface area contributed by atoms with Gasteiger partial charge in [-0.3, -0.25) is 9.36 Å². The maximum atomic E-state index is 12.9. The molecule has 0 aliphatic rings. The van der Waals surface area contributed by atoms with E-state index >= 15 is 0 Å². The number of alkyl halides is 3. The van der Waals surface area contributed by atoms with Crippen molar-refractivity contribution in [2.45, 2.75) is 37.5 Å². The van der Waals surface area contributed by atoms with Crippen LogP contribution in [0.15, 0.2) is 50.2 Å². The molecule has 11 heteroatoms. The van der Waals surface area contributed by atoms with Crippen LogP contribution in [0.2, 0.25) is 0 Å². The lowest BCUT2D eigenvalue weighted by molar-refractivity contribution is -0.137. The normalized spacial score (nSPS) is 12.2. The summed E-state index contributed by atoms with van der Waals surface area (Å²) < 4.78 is 46.3. The molecule has 0 radical (unpaired) electrons. The summed E-state index contributed by atoms with van der Waals surface area (Å²) in [6.45, 7) is 4.54. The van der Waals surface area contributed by atoms with Gasteiger partial charge in [-0.2, -0.15) is 18.2 Å². The van der Waals surface area contributed by atoms with Crippen molar-refractivity contribution in [3.8, 4) is 11.4 Å². The first-order chi connectivity index (χ1) is 14.7. The highest BCUT2D eigenvalue weighted by atomic mass is 32.2. The quantitative estimate of drug-likeness (QED) is 0.277. The van der Waals surface area contributed by atoms with Crippen LogP contribution >= 0.6 is 23.1 Å². The Labute approximate surface area is 183 Å². The summed E-state index contributed by atoms with van der Waals surface area (Å²) in [5, 5.41) is 6.15. The Morgan fingerprint density at radius 1 is 1.23 bits per heavy atom. The third-order valence-corrected chi connectivity index (χ3v) is 6.17. The monoisotopic (exact) mass is 466 g/mol. The fourth-order valence-corrected chi connectivity index (χ4v) is 4.58. The molecule has 0 bridgehead atoms. The minimum Gasteiger partial charge on any atom is -0.338 e. The average Bonchev–Trinajstić information content (AvgIpc) is 3.37. The summed E-state index contributed by atoms with van der Waals surface area (Å²) in [5.41, 5.74) is -0.0277. The van der Waals surface area contributed by atoms with Gasteiger partial charge in [-0.25, -0.2) is 4.98 Å². The van der Waals surface area contributed by atoms with Crippen molar-refractivity contribution >= 4 is 33.3 Å². The molecule has 0 spiro atoms. The van der Waals surface area contributed by atoms with Gasteiger partial charge in [0.2, 0.25) is 11.7 Å². The van der Waals surface area contributed by atoms with Gasteiger partial charge in [-0.15, -0.1) is 11.3 Å². The lowest BCUT2D eigenvalue weighted by atomic mass is 10.1. The molecule has 4 rings (SSSR count). The number of nitrogens with zero attached hydrogens (tertiary/aromatic N) is 4. The largest absolute Gasteiger partial charge is 0.416 e. The number of rotatable bonds is 6. The van der Waals surface area contributed by atoms with E-state index < -0.39 is 11.7 Å². The van der Waals surface area contributed by atoms with E-state index in [-0.39, 0.29) is 34.5 Å². The summed E-state index contributed by atoms with van der Waals surface area (Å²) in [6.07, 6.45) is -4.45.